The van der Waals surface area contributed by atoms with E-state index >= 15 is 0 Å². The molecule has 210 valence electrons. The Labute approximate surface area is 247 Å². The third-order valence-corrected chi connectivity index (χ3v) is 7.00. The van der Waals surface area contributed by atoms with Crippen LogP contribution >= 0.6 is 23.2 Å². The van der Waals surface area contributed by atoms with Gasteiger partial charge < -0.3 is 14.8 Å². The maximum absolute atomic E-state index is 13.9. The van der Waals surface area contributed by atoms with E-state index < -0.39 is 0 Å². The molecule has 41 heavy (non-hydrogen) atoms. The molecule has 2 amide bonds. The Morgan fingerprint density at radius 1 is 1.02 bits per heavy atom. The van der Waals surface area contributed by atoms with E-state index in [9.17, 15) is 9.59 Å². The summed E-state index contributed by atoms with van der Waals surface area (Å²) in [5, 5.41) is 3.24. The van der Waals surface area contributed by atoms with Gasteiger partial charge in [-0.25, -0.2) is 9.97 Å². The van der Waals surface area contributed by atoms with Crippen LogP contribution in [0.4, 0.5) is 11.5 Å². The number of amides is 2. The molecule has 0 unspecified atom stereocenters. The number of nitrogens with zero attached hydrogens (tertiary/aromatic N) is 4. The summed E-state index contributed by atoms with van der Waals surface area (Å²) in [5.74, 6) is 0.400. The summed E-state index contributed by atoms with van der Waals surface area (Å²) in [6.45, 7) is 3.69. The topological polar surface area (TPSA) is 107 Å². The smallest absolute Gasteiger partial charge is 0.247 e. The number of hydrogen-bond donors (Lipinski definition) is 1. The van der Waals surface area contributed by atoms with E-state index in [1.165, 1.54) is 31.5 Å². The summed E-state index contributed by atoms with van der Waals surface area (Å²) in [7, 11) is 2.94. The van der Waals surface area contributed by atoms with Crippen molar-refractivity contribution in [2.45, 2.75) is 19.4 Å². The lowest BCUT2D eigenvalue weighted by molar-refractivity contribution is -0.118. The molecule has 0 saturated carbocycles. The highest BCUT2D eigenvalue weighted by molar-refractivity contribution is 6.38. The molecular formula is C30H27Cl2N5O4. The number of ether oxygens (including phenoxy) is 2. The number of benzene rings is 2. The van der Waals surface area contributed by atoms with Crippen molar-refractivity contribution in [3.8, 4) is 11.5 Å². The number of aromatic nitrogens is 3. The molecule has 11 heteroatoms. The van der Waals surface area contributed by atoms with Crippen LogP contribution in [0.5, 0.6) is 11.5 Å². The van der Waals surface area contributed by atoms with Crippen LogP contribution in [0.1, 0.15) is 22.4 Å². The first kappa shape index (κ1) is 29.5. The van der Waals surface area contributed by atoms with Gasteiger partial charge in [0.15, 0.2) is 0 Å². The van der Waals surface area contributed by atoms with Crippen LogP contribution in [0.25, 0.3) is 0 Å². The molecule has 1 N–H and O–H groups in total. The Balaban J connectivity index is 1.69. The number of carbonyl (C=O) groups is 2. The lowest BCUT2D eigenvalue weighted by atomic mass is 10.1. The molecule has 0 atom stereocenters. The van der Waals surface area contributed by atoms with Crippen molar-refractivity contribution in [1.29, 1.82) is 0 Å². The predicted octanol–water partition coefficient (Wildman–Crippen LogP) is 5.69. The number of methoxy groups -OCH3 is 2. The molecule has 2 aromatic heterocycles. The van der Waals surface area contributed by atoms with Crippen molar-refractivity contribution in [3.05, 3.63) is 112 Å². The highest BCUT2D eigenvalue weighted by Crippen LogP contribution is 2.41. The summed E-state index contributed by atoms with van der Waals surface area (Å²) < 4.78 is 10.7. The second kappa shape index (κ2) is 13.7. The van der Waals surface area contributed by atoms with Gasteiger partial charge in [-0.2, -0.15) is 0 Å². The van der Waals surface area contributed by atoms with Gasteiger partial charge in [0.1, 0.15) is 23.6 Å². The van der Waals surface area contributed by atoms with Gasteiger partial charge in [0.05, 0.1) is 42.9 Å². The Morgan fingerprint density at radius 2 is 1.76 bits per heavy atom. The standard InChI is InChI=1S/C30H27Cl2N5O4/c1-4-27(38)36-23-10-6-5-9-20(23)12-21-13-26(35-18-34-21)37(17-19-8-7-11-33-16-19)28(39)14-22-29(31)24(40-2)15-25(41-3)30(22)32/h4-11,13,15-16,18H,1,12,14,17H2,2-3H3,(H,36,38). The highest BCUT2D eigenvalue weighted by Gasteiger charge is 2.24. The Morgan fingerprint density at radius 3 is 2.41 bits per heavy atom. The zero-order valence-corrected chi connectivity index (χ0v) is 23.9. The first-order chi connectivity index (χ1) is 19.8. The first-order valence-electron chi connectivity index (χ1n) is 12.4. The molecule has 2 aromatic carbocycles. The molecule has 9 nitrogen and oxygen atoms in total. The van der Waals surface area contributed by atoms with E-state index in [1.54, 1.807) is 36.7 Å². The molecule has 0 aliphatic carbocycles. The van der Waals surface area contributed by atoms with Gasteiger partial charge in [0, 0.05) is 42.2 Å². The van der Waals surface area contributed by atoms with Gasteiger partial charge >= 0.3 is 0 Å². The molecule has 4 rings (SSSR count). The van der Waals surface area contributed by atoms with E-state index in [4.69, 9.17) is 32.7 Å². The number of anilines is 2. The van der Waals surface area contributed by atoms with Gasteiger partial charge in [-0.3, -0.25) is 19.5 Å². The molecule has 0 aliphatic rings. The lowest BCUT2D eigenvalue weighted by Crippen LogP contribution is -2.33. The molecule has 0 aliphatic heterocycles. The van der Waals surface area contributed by atoms with E-state index in [-0.39, 0.29) is 34.8 Å². The molecule has 4 aromatic rings. The Kier molecular flexibility index (Phi) is 9.89. The van der Waals surface area contributed by atoms with Crippen LogP contribution in [0, 0.1) is 0 Å². The molecule has 0 fully saturated rings. The van der Waals surface area contributed by atoms with Crippen LogP contribution in [0.15, 0.2) is 79.9 Å². The van der Waals surface area contributed by atoms with E-state index in [2.05, 4.69) is 26.8 Å². The van der Waals surface area contributed by atoms with Crippen molar-refractivity contribution in [1.82, 2.24) is 15.0 Å². The van der Waals surface area contributed by atoms with Gasteiger partial charge in [0.2, 0.25) is 11.8 Å². The van der Waals surface area contributed by atoms with Gasteiger partial charge in [0.25, 0.3) is 0 Å². The first-order valence-corrected chi connectivity index (χ1v) is 13.2. The van der Waals surface area contributed by atoms with Crippen molar-refractivity contribution in [2.24, 2.45) is 0 Å². The molecule has 0 bridgehead atoms. The zero-order chi connectivity index (χ0) is 29.4. The van der Waals surface area contributed by atoms with Crippen molar-refractivity contribution in [3.63, 3.8) is 0 Å². The third kappa shape index (κ3) is 7.19. The summed E-state index contributed by atoms with van der Waals surface area (Å²) in [5.41, 5.74) is 3.26. The summed E-state index contributed by atoms with van der Waals surface area (Å²) in [4.78, 5) is 40.3. The number of carbonyl (C=O) groups excluding carboxylic acids is 2. The second-order valence-corrected chi connectivity index (χ2v) is 9.56. The summed E-state index contributed by atoms with van der Waals surface area (Å²) in [6, 6.07) is 14.3. The van der Waals surface area contributed by atoms with Crippen LogP contribution in [-0.2, 0) is 29.0 Å². The average molecular weight is 592 g/mol. The molecule has 0 radical (unpaired) electrons. The Bertz CT molecular complexity index is 1540. The number of halogens is 2. The van der Waals surface area contributed by atoms with Crippen molar-refractivity contribution < 1.29 is 19.1 Å². The van der Waals surface area contributed by atoms with E-state index in [0.717, 1.165) is 11.1 Å². The van der Waals surface area contributed by atoms with Crippen LogP contribution in [-0.4, -0.2) is 41.0 Å². The van der Waals surface area contributed by atoms with Crippen LogP contribution in [0.3, 0.4) is 0 Å². The Hall–Kier alpha value is -4.47. The number of nitrogens with one attached hydrogen (secondary N) is 1. The minimum Gasteiger partial charge on any atom is -0.495 e. The minimum absolute atomic E-state index is 0.152. The average Bonchev–Trinajstić information content (AvgIpc) is 2.99. The maximum Gasteiger partial charge on any atom is 0.247 e. The minimum atomic E-state index is -0.323. The SMILES string of the molecule is C=CC(=O)Nc1ccccc1Cc1cc(N(Cc2cccnc2)C(=O)Cc2c(Cl)c(OC)cc(OC)c2Cl)ncn1. The molecule has 0 spiro atoms. The fourth-order valence-corrected chi connectivity index (χ4v) is 4.75. The van der Waals surface area contributed by atoms with Gasteiger partial charge in [-0.15, -0.1) is 0 Å². The van der Waals surface area contributed by atoms with Crippen molar-refractivity contribution in [2.75, 3.05) is 24.4 Å². The molecule has 2 heterocycles. The number of pyridine rings is 1. The van der Waals surface area contributed by atoms with E-state index in [0.29, 0.717) is 40.7 Å². The largest absolute Gasteiger partial charge is 0.495 e. The fourth-order valence-electron chi connectivity index (χ4n) is 4.11. The second-order valence-electron chi connectivity index (χ2n) is 8.80. The quantitative estimate of drug-likeness (QED) is 0.223. The van der Waals surface area contributed by atoms with Gasteiger partial charge in [-0.1, -0.05) is 54.0 Å². The molecular weight excluding hydrogens is 565 g/mol. The van der Waals surface area contributed by atoms with Gasteiger partial charge in [-0.05, 0) is 29.3 Å². The third-order valence-electron chi connectivity index (χ3n) is 6.18. The monoisotopic (exact) mass is 591 g/mol. The lowest BCUT2D eigenvalue weighted by Gasteiger charge is -2.23. The van der Waals surface area contributed by atoms with Crippen LogP contribution in [0.2, 0.25) is 10.0 Å². The van der Waals surface area contributed by atoms with Crippen LogP contribution < -0.4 is 19.7 Å². The molecule has 0 saturated heterocycles. The predicted molar refractivity (Wildman–Crippen MR) is 159 cm³/mol. The van der Waals surface area contributed by atoms with Crippen molar-refractivity contribution >= 4 is 46.5 Å². The fraction of sp³-hybridized carbons (Fsp3) is 0.167. The summed E-state index contributed by atoms with van der Waals surface area (Å²) >= 11 is 13.1. The number of para-hydroxylation sites is 1. The normalized spacial score (nSPS) is 10.5. The number of rotatable bonds is 11. The summed E-state index contributed by atoms with van der Waals surface area (Å²) in [6.07, 6.45) is 6.16. The number of hydrogen-bond acceptors (Lipinski definition) is 7. The maximum atomic E-state index is 13.9. The zero-order valence-electron chi connectivity index (χ0n) is 22.4. The highest BCUT2D eigenvalue weighted by atomic mass is 35.5. The van der Waals surface area contributed by atoms with E-state index in [1.807, 2.05) is 24.3 Å².